The van der Waals surface area contributed by atoms with Crippen molar-refractivity contribution >= 4 is 17.8 Å². The first kappa shape index (κ1) is 19.4. The molecule has 1 aromatic rings. The molecule has 6 heteroatoms. The number of nitrogens with zero attached hydrogens (tertiary/aromatic N) is 2. The largest absolute Gasteiger partial charge is 0.369 e. The Bertz CT molecular complexity index is 727. The van der Waals surface area contributed by atoms with Gasteiger partial charge in [-0.25, -0.2) is 4.99 Å². The van der Waals surface area contributed by atoms with E-state index in [0.717, 1.165) is 24.8 Å². The second-order valence-electron chi connectivity index (χ2n) is 7.83. The van der Waals surface area contributed by atoms with Crippen LogP contribution in [0.15, 0.2) is 35.3 Å². The van der Waals surface area contributed by atoms with Gasteiger partial charge in [0.25, 0.3) is 0 Å². The van der Waals surface area contributed by atoms with Gasteiger partial charge >= 0.3 is 0 Å². The van der Waals surface area contributed by atoms with E-state index in [1.165, 1.54) is 0 Å². The van der Waals surface area contributed by atoms with Crippen molar-refractivity contribution in [3.8, 4) is 0 Å². The van der Waals surface area contributed by atoms with Crippen LogP contribution in [0.25, 0.3) is 0 Å². The van der Waals surface area contributed by atoms with E-state index in [1.807, 2.05) is 51.1 Å². The SMILES string of the molecule is CCC1(CC)CC(=O)N(C[C@H]2CC2C(=O)N[C@@H](C)c2ccccc2)C(N)=N1. The Labute approximate surface area is 161 Å². The van der Waals surface area contributed by atoms with Crippen LogP contribution in [0.4, 0.5) is 0 Å². The molecular weight excluding hydrogens is 340 g/mol. The number of carbonyl (C=O) groups excluding carboxylic acids is 2. The molecule has 0 bridgehead atoms. The summed E-state index contributed by atoms with van der Waals surface area (Å²) in [5, 5.41) is 3.08. The first-order valence-corrected chi connectivity index (χ1v) is 9.90. The van der Waals surface area contributed by atoms with Gasteiger partial charge in [-0.2, -0.15) is 0 Å². The first-order chi connectivity index (χ1) is 12.9. The maximum Gasteiger partial charge on any atom is 0.231 e. The Hall–Kier alpha value is -2.37. The second kappa shape index (κ2) is 7.71. The van der Waals surface area contributed by atoms with E-state index < -0.39 is 0 Å². The number of aliphatic imine (C=N–C) groups is 1. The number of rotatable bonds is 7. The highest BCUT2D eigenvalue weighted by Gasteiger charge is 2.46. The molecule has 2 aliphatic rings. The van der Waals surface area contributed by atoms with E-state index in [9.17, 15) is 9.59 Å². The highest BCUT2D eigenvalue weighted by molar-refractivity contribution is 5.99. The van der Waals surface area contributed by atoms with Gasteiger partial charge in [0.1, 0.15) is 0 Å². The number of nitrogens with one attached hydrogen (secondary N) is 1. The highest BCUT2D eigenvalue weighted by atomic mass is 16.2. The van der Waals surface area contributed by atoms with Gasteiger partial charge in [-0.15, -0.1) is 0 Å². The fourth-order valence-electron chi connectivity index (χ4n) is 3.85. The highest BCUT2D eigenvalue weighted by Crippen LogP contribution is 2.40. The summed E-state index contributed by atoms with van der Waals surface area (Å²) in [7, 11) is 0. The van der Waals surface area contributed by atoms with E-state index >= 15 is 0 Å². The summed E-state index contributed by atoms with van der Waals surface area (Å²) < 4.78 is 0. The molecule has 3 atom stereocenters. The lowest BCUT2D eigenvalue weighted by atomic mass is 9.88. The molecule has 1 unspecified atom stereocenters. The fraction of sp³-hybridized carbons (Fsp3) is 0.571. The van der Waals surface area contributed by atoms with Crippen LogP contribution in [0, 0.1) is 11.8 Å². The Balaban J connectivity index is 1.56. The zero-order valence-corrected chi connectivity index (χ0v) is 16.4. The lowest BCUT2D eigenvalue weighted by Crippen LogP contribution is -2.52. The van der Waals surface area contributed by atoms with Crippen LogP contribution in [-0.4, -0.2) is 34.8 Å². The van der Waals surface area contributed by atoms with Crippen LogP contribution in [0.5, 0.6) is 0 Å². The summed E-state index contributed by atoms with van der Waals surface area (Å²) in [4.78, 5) is 31.3. The van der Waals surface area contributed by atoms with Gasteiger partial charge in [-0.3, -0.25) is 14.5 Å². The van der Waals surface area contributed by atoms with Crippen LogP contribution >= 0.6 is 0 Å². The normalized spacial score (nSPS) is 24.9. The smallest absolute Gasteiger partial charge is 0.231 e. The fourth-order valence-corrected chi connectivity index (χ4v) is 3.85. The van der Waals surface area contributed by atoms with Gasteiger partial charge in [0.05, 0.1) is 18.0 Å². The molecule has 0 aromatic heterocycles. The molecule has 0 radical (unpaired) electrons. The number of carbonyl (C=O) groups is 2. The number of amides is 2. The molecular formula is C21H30N4O2. The van der Waals surface area contributed by atoms with Crippen molar-refractivity contribution in [3.63, 3.8) is 0 Å². The molecule has 2 amide bonds. The van der Waals surface area contributed by atoms with Crippen LogP contribution in [-0.2, 0) is 9.59 Å². The Morgan fingerprint density at radius 1 is 1.33 bits per heavy atom. The second-order valence-corrected chi connectivity index (χ2v) is 7.83. The predicted molar refractivity (Wildman–Crippen MR) is 106 cm³/mol. The lowest BCUT2D eigenvalue weighted by Gasteiger charge is -2.36. The average molecular weight is 370 g/mol. The topological polar surface area (TPSA) is 87.8 Å². The number of benzene rings is 1. The van der Waals surface area contributed by atoms with Crippen molar-refractivity contribution < 1.29 is 9.59 Å². The predicted octanol–water partition coefficient (Wildman–Crippen LogP) is 2.61. The van der Waals surface area contributed by atoms with Gasteiger partial charge in [-0.05, 0) is 37.7 Å². The maximum absolute atomic E-state index is 12.6. The average Bonchev–Trinajstić information content (AvgIpc) is 3.44. The van der Waals surface area contributed by atoms with E-state index in [2.05, 4.69) is 10.3 Å². The van der Waals surface area contributed by atoms with E-state index in [4.69, 9.17) is 5.73 Å². The third-order valence-electron chi connectivity index (χ3n) is 6.06. The van der Waals surface area contributed by atoms with Gasteiger partial charge in [-0.1, -0.05) is 44.2 Å². The minimum atomic E-state index is -0.358. The molecule has 1 heterocycles. The van der Waals surface area contributed by atoms with Crippen LogP contribution in [0.3, 0.4) is 0 Å². The first-order valence-electron chi connectivity index (χ1n) is 9.90. The minimum Gasteiger partial charge on any atom is -0.369 e. The van der Waals surface area contributed by atoms with Crippen molar-refractivity contribution in [3.05, 3.63) is 35.9 Å². The number of hydrogen-bond acceptors (Lipinski definition) is 4. The zero-order chi connectivity index (χ0) is 19.6. The van der Waals surface area contributed by atoms with E-state index in [1.54, 1.807) is 4.90 Å². The third kappa shape index (κ3) is 4.15. The number of nitrogens with two attached hydrogens (primary N) is 1. The van der Waals surface area contributed by atoms with E-state index in [-0.39, 0.29) is 35.2 Å². The van der Waals surface area contributed by atoms with Crippen LogP contribution in [0.2, 0.25) is 0 Å². The number of hydrogen-bond donors (Lipinski definition) is 2. The van der Waals surface area contributed by atoms with Crippen LogP contribution in [0.1, 0.15) is 58.1 Å². The molecule has 3 rings (SSSR count). The molecule has 6 nitrogen and oxygen atoms in total. The van der Waals surface area contributed by atoms with Crippen molar-refractivity contribution in [2.45, 2.75) is 58.0 Å². The molecule has 27 heavy (non-hydrogen) atoms. The standard InChI is InChI=1S/C21H30N4O2/c1-4-21(5-2)12-18(26)25(20(22)24-21)13-16-11-17(16)19(27)23-14(3)15-9-7-6-8-10-15/h6-10,14,16-17H,4-5,11-13H2,1-3H3,(H2,22,24)(H,23,27)/t14-,16+,17?/m0/s1. The molecule has 3 N–H and O–H groups in total. The number of guanidine groups is 1. The Kier molecular flexibility index (Phi) is 5.53. The molecule has 1 aliphatic heterocycles. The summed E-state index contributed by atoms with van der Waals surface area (Å²) in [6.07, 6.45) is 2.79. The summed E-state index contributed by atoms with van der Waals surface area (Å²) >= 11 is 0. The Morgan fingerprint density at radius 3 is 2.59 bits per heavy atom. The van der Waals surface area contributed by atoms with Gasteiger partial charge in [0, 0.05) is 12.5 Å². The summed E-state index contributed by atoms with van der Waals surface area (Å²) in [5.74, 6) is 0.476. The van der Waals surface area contributed by atoms with Gasteiger partial charge in [0.15, 0.2) is 5.96 Å². The lowest BCUT2D eigenvalue weighted by molar-refractivity contribution is -0.130. The zero-order valence-electron chi connectivity index (χ0n) is 16.4. The Morgan fingerprint density at radius 2 is 2.00 bits per heavy atom. The van der Waals surface area contributed by atoms with Crippen molar-refractivity contribution in [1.82, 2.24) is 10.2 Å². The molecule has 1 aromatic carbocycles. The van der Waals surface area contributed by atoms with E-state index in [0.29, 0.717) is 18.9 Å². The van der Waals surface area contributed by atoms with Gasteiger partial charge in [0.2, 0.25) is 11.8 Å². The maximum atomic E-state index is 12.6. The quantitative estimate of drug-likeness (QED) is 0.773. The van der Waals surface area contributed by atoms with Crippen LogP contribution < -0.4 is 11.1 Å². The van der Waals surface area contributed by atoms with Crippen molar-refractivity contribution in [2.75, 3.05) is 6.54 Å². The molecule has 1 saturated carbocycles. The monoisotopic (exact) mass is 370 g/mol. The van der Waals surface area contributed by atoms with Gasteiger partial charge < -0.3 is 11.1 Å². The summed E-state index contributed by atoms with van der Waals surface area (Å²) in [5.41, 5.74) is 6.83. The summed E-state index contributed by atoms with van der Waals surface area (Å²) in [6.45, 7) is 6.55. The minimum absolute atomic E-state index is 0.0231. The molecule has 146 valence electrons. The molecule has 1 aliphatic carbocycles. The summed E-state index contributed by atoms with van der Waals surface area (Å²) in [6, 6.07) is 9.88. The molecule has 0 saturated heterocycles. The van der Waals surface area contributed by atoms with Crippen molar-refractivity contribution in [1.29, 1.82) is 0 Å². The third-order valence-corrected chi connectivity index (χ3v) is 6.06. The molecule has 0 spiro atoms. The molecule has 1 fully saturated rings. The van der Waals surface area contributed by atoms with Crippen molar-refractivity contribution in [2.24, 2.45) is 22.6 Å².